The third-order valence-electron chi connectivity index (χ3n) is 5.91. The zero-order valence-electron chi connectivity index (χ0n) is 18.3. The van der Waals surface area contributed by atoms with E-state index in [4.69, 9.17) is 0 Å². The number of benzene rings is 4. The van der Waals surface area contributed by atoms with Crippen LogP contribution in [0.4, 0.5) is 10.8 Å². The Kier molecular flexibility index (Phi) is 5.77. The normalized spacial score (nSPS) is 17.0. The Morgan fingerprint density at radius 2 is 1.46 bits per heavy atom. The molecule has 0 aliphatic heterocycles. The second-order valence-corrected chi connectivity index (χ2v) is 12.2. The van der Waals surface area contributed by atoms with Crippen LogP contribution in [0.15, 0.2) is 106 Å². The van der Waals surface area contributed by atoms with Crippen molar-refractivity contribution in [3.63, 3.8) is 0 Å². The molecule has 2 unspecified atom stereocenters. The highest BCUT2D eigenvalue weighted by Crippen LogP contribution is 2.54. The molecule has 2 atom stereocenters. The average Bonchev–Trinajstić information content (AvgIpc) is 3.44. The van der Waals surface area contributed by atoms with Crippen molar-refractivity contribution in [2.45, 2.75) is 20.5 Å². The van der Waals surface area contributed by atoms with Gasteiger partial charge in [-0.2, -0.15) is 0 Å². The molecule has 0 radical (unpaired) electrons. The third kappa shape index (κ3) is 4.32. The quantitative estimate of drug-likeness (QED) is 0.264. The molecule has 6 nitrogen and oxygen atoms in total. The van der Waals surface area contributed by atoms with Gasteiger partial charge in [-0.25, -0.2) is 13.1 Å². The van der Waals surface area contributed by atoms with Gasteiger partial charge in [-0.1, -0.05) is 95.9 Å². The van der Waals surface area contributed by atoms with Gasteiger partial charge in [0.05, 0.1) is 16.2 Å². The molecule has 2 N–H and O–H groups in total. The van der Waals surface area contributed by atoms with Crippen LogP contribution in [0.5, 0.6) is 0 Å². The highest BCUT2D eigenvalue weighted by Gasteiger charge is 2.38. The molecule has 0 amide bonds. The summed E-state index contributed by atoms with van der Waals surface area (Å²) < 4.78 is 30.4. The number of rotatable bonds is 7. The molecule has 1 aromatic heterocycles. The van der Waals surface area contributed by atoms with Crippen molar-refractivity contribution >= 4 is 54.7 Å². The van der Waals surface area contributed by atoms with Crippen molar-refractivity contribution in [2.75, 3.05) is 5.32 Å². The lowest BCUT2D eigenvalue weighted by Crippen LogP contribution is -2.29. The number of nitrogens with zero attached hydrogens (tertiary/aromatic N) is 2. The lowest BCUT2D eigenvalue weighted by Gasteiger charge is -2.22. The molecule has 6 rings (SSSR count). The van der Waals surface area contributed by atoms with Gasteiger partial charge < -0.3 is 5.32 Å². The maximum Gasteiger partial charge on any atom is 0.241 e. The van der Waals surface area contributed by atoms with E-state index < -0.39 is 16.1 Å². The number of thioether (sulfide) groups is 1. The third-order valence-corrected chi connectivity index (χ3v) is 9.60. The standard InChI is InChI=1S/C26H20N4O2S3/c31-35(32,19-13-5-2-6-14-19)30-23-20-15-7-9-17-10-8-16-21(22(17)20)24(23)33-26-29-28-25(34-26)27-18-11-3-1-4-12-18/h1-16,23-24,30H,(H,27,28). The van der Waals surface area contributed by atoms with Crippen LogP contribution in [0.25, 0.3) is 10.8 Å². The summed E-state index contributed by atoms with van der Waals surface area (Å²) in [5, 5.41) is 14.6. The van der Waals surface area contributed by atoms with Gasteiger partial charge in [0.2, 0.25) is 15.2 Å². The fourth-order valence-corrected chi connectivity index (χ4v) is 7.94. The minimum atomic E-state index is -3.73. The van der Waals surface area contributed by atoms with E-state index in [1.807, 2.05) is 48.5 Å². The SMILES string of the molecule is O=S(=O)(NC1c2cccc3cccc(c23)C1Sc1nnc(Nc2ccccc2)s1)c1ccccc1. The molecule has 0 bridgehead atoms. The molecule has 1 aliphatic rings. The van der Waals surface area contributed by atoms with Gasteiger partial charge in [0.25, 0.3) is 0 Å². The van der Waals surface area contributed by atoms with Crippen LogP contribution in [-0.2, 0) is 10.0 Å². The molecule has 0 spiro atoms. The van der Waals surface area contributed by atoms with Crippen molar-refractivity contribution in [1.29, 1.82) is 0 Å². The Labute approximate surface area is 211 Å². The summed E-state index contributed by atoms with van der Waals surface area (Å²) >= 11 is 2.99. The van der Waals surface area contributed by atoms with E-state index in [0.717, 1.165) is 31.9 Å². The van der Waals surface area contributed by atoms with E-state index in [0.29, 0.717) is 5.13 Å². The van der Waals surface area contributed by atoms with Crippen LogP contribution in [0, 0.1) is 0 Å². The lowest BCUT2D eigenvalue weighted by molar-refractivity contribution is 0.557. The summed E-state index contributed by atoms with van der Waals surface area (Å²) in [5.74, 6) is 0. The van der Waals surface area contributed by atoms with Gasteiger partial charge >= 0.3 is 0 Å². The highest BCUT2D eigenvalue weighted by molar-refractivity contribution is 8.01. The molecular weight excluding hydrogens is 497 g/mol. The van der Waals surface area contributed by atoms with Gasteiger partial charge in [0.1, 0.15) is 0 Å². The van der Waals surface area contributed by atoms with Crippen molar-refractivity contribution < 1.29 is 8.42 Å². The second-order valence-electron chi connectivity index (χ2n) is 8.11. The van der Waals surface area contributed by atoms with E-state index in [9.17, 15) is 8.42 Å². The predicted octanol–water partition coefficient (Wildman–Crippen LogP) is 6.30. The summed E-state index contributed by atoms with van der Waals surface area (Å²) in [7, 11) is -3.73. The Balaban J connectivity index is 1.35. The summed E-state index contributed by atoms with van der Waals surface area (Å²) in [6, 6.07) is 30.1. The van der Waals surface area contributed by atoms with Crippen LogP contribution < -0.4 is 10.0 Å². The Bertz CT molecular complexity index is 1600. The summed E-state index contributed by atoms with van der Waals surface area (Å²) in [6.45, 7) is 0. The van der Waals surface area contributed by atoms with Crippen LogP contribution in [0.3, 0.4) is 0 Å². The van der Waals surface area contributed by atoms with E-state index in [1.165, 1.54) is 23.1 Å². The van der Waals surface area contributed by atoms with Gasteiger partial charge in [-0.15, -0.1) is 10.2 Å². The Morgan fingerprint density at radius 1 is 0.771 bits per heavy atom. The smallest absolute Gasteiger partial charge is 0.241 e. The van der Waals surface area contributed by atoms with Crippen LogP contribution >= 0.6 is 23.1 Å². The molecule has 1 heterocycles. The molecule has 0 saturated carbocycles. The van der Waals surface area contributed by atoms with Gasteiger partial charge in [0.15, 0.2) is 4.34 Å². The van der Waals surface area contributed by atoms with Gasteiger partial charge in [-0.3, -0.25) is 0 Å². The number of sulfonamides is 1. The van der Waals surface area contributed by atoms with Crippen molar-refractivity contribution in [3.05, 3.63) is 108 Å². The van der Waals surface area contributed by atoms with Gasteiger partial charge in [0, 0.05) is 5.69 Å². The van der Waals surface area contributed by atoms with Gasteiger partial charge in [-0.05, 0) is 46.2 Å². The van der Waals surface area contributed by atoms with E-state index in [1.54, 1.807) is 30.3 Å². The zero-order chi connectivity index (χ0) is 23.8. The fraction of sp³-hybridized carbons (Fsp3) is 0.0769. The zero-order valence-corrected chi connectivity index (χ0v) is 20.8. The summed E-state index contributed by atoms with van der Waals surface area (Å²) in [6.07, 6.45) is 0. The number of anilines is 2. The van der Waals surface area contributed by atoms with E-state index in [-0.39, 0.29) is 10.1 Å². The van der Waals surface area contributed by atoms with Crippen LogP contribution in [0.2, 0.25) is 0 Å². The molecule has 0 saturated heterocycles. The molecule has 174 valence electrons. The number of para-hydroxylation sites is 1. The molecule has 9 heteroatoms. The van der Waals surface area contributed by atoms with Crippen molar-refractivity contribution in [1.82, 2.24) is 14.9 Å². The first kappa shape index (κ1) is 22.2. The molecule has 4 aromatic carbocycles. The minimum absolute atomic E-state index is 0.188. The van der Waals surface area contributed by atoms with Crippen LogP contribution in [0.1, 0.15) is 22.4 Å². The maximum absolute atomic E-state index is 13.3. The fourth-order valence-electron chi connectivity index (χ4n) is 4.39. The average molecular weight is 517 g/mol. The van der Waals surface area contributed by atoms with Crippen LogP contribution in [-0.4, -0.2) is 18.6 Å². The molecule has 35 heavy (non-hydrogen) atoms. The maximum atomic E-state index is 13.3. The topological polar surface area (TPSA) is 84.0 Å². The Hall–Kier alpha value is -3.24. The number of nitrogens with one attached hydrogen (secondary N) is 2. The summed E-state index contributed by atoms with van der Waals surface area (Å²) in [5.41, 5.74) is 3.01. The predicted molar refractivity (Wildman–Crippen MR) is 142 cm³/mol. The molecule has 1 aliphatic carbocycles. The largest absolute Gasteiger partial charge is 0.330 e. The lowest BCUT2D eigenvalue weighted by atomic mass is 10.1. The minimum Gasteiger partial charge on any atom is -0.330 e. The Morgan fingerprint density at radius 3 is 2.20 bits per heavy atom. The first-order chi connectivity index (χ1) is 17.1. The molecule has 5 aromatic rings. The van der Waals surface area contributed by atoms with E-state index in [2.05, 4.69) is 38.4 Å². The van der Waals surface area contributed by atoms with Crippen molar-refractivity contribution in [2.24, 2.45) is 0 Å². The number of aromatic nitrogens is 2. The second kappa shape index (κ2) is 9.09. The first-order valence-electron chi connectivity index (χ1n) is 11.0. The first-order valence-corrected chi connectivity index (χ1v) is 14.2. The number of hydrogen-bond acceptors (Lipinski definition) is 7. The van der Waals surface area contributed by atoms with Crippen molar-refractivity contribution in [3.8, 4) is 0 Å². The van der Waals surface area contributed by atoms with E-state index >= 15 is 0 Å². The highest BCUT2D eigenvalue weighted by atomic mass is 32.2. The number of hydrogen-bond donors (Lipinski definition) is 2. The molecule has 0 fully saturated rings. The summed E-state index contributed by atoms with van der Waals surface area (Å²) in [4.78, 5) is 0.247. The molecular formula is C26H20N4O2S3. The monoisotopic (exact) mass is 516 g/mol.